The van der Waals surface area contributed by atoms with E-state index in [2.05, 4.69) is 10.1 Å². The van der Waals surface area contributed by atoms with Crippen molar-refractivity contribution in [2.75, 3.05) is 0 Å². The monoisotopic (exact) mass is 304 g/mol. The van der Waals surface area contributed by atoms with Crippen LogP contribution in [0.25, 0.3) is 11.4 Å². The van der Waals surface area contributed by atoms with Gasteiger partial charge in [-0.2, -0.15) is 4.98 Å². The van der Waals surface area contributed by atoms with E-state index in [0.29, 0.717) is 22.7 Å². The molecule has 0 unspecified atom stereocenters. The number of benzene rings is 1. The zero-order chi connectivity index (χ0) is 16.1. The molecule has 0 atom stereocenters. The highest BCUT2D eigenvalue weighted by atomic mass is 19.1. The van der Waals surface area contributed by atoms with Crippen LogP contribution in [0, 0.1) is 12.7 Å². The minimum absolute atomic E-state index is 0.358. The summed E-state index contributed by atoms with van der Waals surface area (Å²) in [7, 11) is -0.731. The zero-order valence-electron chi connectivity index (χ0n) is 13.3. The molecule has 7 heteroatoms. The maximum Gasteiger partial charge on any atom is 0.497 e. The number of aryl methyl sites for hydroxylation is 1. The van der Waals surface area contributed by atoms with Gasteiger partial charge in [-0.1, -0.05) is 17.3 Å². The largest absolute Gasteiger partial charge is 0.497 e. The second-order valence-electron chi connectivity index (χ2n) is 6.46. The SMILES string of the molecule is Cc1nc(-c2ccc(B3OC(C)(C)C(C)(C)O3)c(F)c2)no1. The van der Waals surface area contributed by atoms with Crippen LogP contribution >= 0.6 is 0 Å². The first-order valence-corrected chi connectivity index (χ1v) is 7.15. The summed E-state index contributed by atoms with van der Waals surface area (Å²) in [5, 5.41) is 3.79. The molecule has 116 valence electrons. The minimum atomic E-state index is -0.731. The van der Waals surface area contributed by atoms with Crippen LogP contribution in [-0.4, -0.2) is 28.5 Å². The molecule has 0 saturated carbocycles. The lowest BCUT2D eigenvalue weighted by molar-refractivity contribution is 0.00578. The Bertz CT molecular complexity index is 699. The molecule has 0 amide bonds. The smallest absolute Gasteiger partial charge is 0.399 e. The van der Waals surface area contributed by atoms with E-state index in [0.717, 1.165) is 0 Å². The van der Waals surface area contributed by atoms with Crippen molar-refractivity contribution in [2.24, 2.45) is 0 Å². The zero-order valence-corrected chi connectivity index (χ0v) is 13.3. The number of hydrogen-bond donors (Lipinski definition) is 0. The van der Waals surface area contributed by atoms with Crippen LogP contribution in [0.5, 0.6) is 0 Å². The standard InChI is InChI=1S/C15H18BFN2O3/c1-9-18-13(19-20-9)10-6-7-11(12(17)8-10)16-21-14(2,3)15(4,5)22-16/h6-8H,1-5H3. The molecule has 1 saturated heterocycles. The second-order valence-corrected chi connectivity index (χ2v) is 6.46. The van der Waals surface area contributed by atoms with E-state index in [4.69, 9.17) is 13.8 Å². The highest BCUT2D eigenvalue weighted by Crippen LogP contribution is 2.36. The highest BCUT2D eigenvalue weighted by Gasteiger charge is 2.52. The number of halogens is 1. The van der Waals surface area contributed by atoms with Crippen LogP contribution in [-0.2, 0) is 9.31 Å². The van der Waals surface area contributed by atoms with Crippen LogP contribution < -0.4 is 5.46 Å². The minimum Gasteiger partial charge on any atom is -0.399 e. The van der Waals surface area contributed by atoms with Crippen LogP contribution in [0.4, 0.5) is 4.39 Å². The number of rotatable bonds is 2. The van der Waals surface area contributed by atoms with E-state index in [1.54, 1.807) is 19.1 Å². The third kappa shape index (κ3) is 2.44. The van der Waals surface area contributed by atoms with Gasteiger partial charge in [-0.15, -0.1) is 0 Å². The molecule has 2 aromatic rings. The predicted molar refractivity (Wildman–Crippen MR) is 80.1 cm³/mol. The van der Waals surface area contributed by atoms with Gasteiger partial charge in [0.2, 0.25) is 11.7 Å². The van der Waals surface area contributed by atoms with E-state index in [1.165, 1.54) is 6.07 Å². The number of hydrogen-bond acceptors (Lipinski definition) is 5. The maximum absolute atomic E-state index is 14.5. The number of aromatic nitrogens is 2. The van der Waals surface area contributed by atoms with E-state index in [-0.39, 0.29) is 0 Å². The van der Waals surface area contributed by atoms with E-state index in [1.807, 2.05) is 27.7 Å². The summed E-state index contributed by atoms with van der Waals surface area (Å²) >= 11 is 0. The van der Waals surface area contributed by atoms with Crippen LogP contribution in [0.1, 0.15) is 33.6 Å². The summed E-state index contributed by atoms with van der Waals surface area (Å²) in [6, 6.07) is 4.73. The molecule has 1 aliphatic rings. The molecular weight excluding hydrogens is 286 g/mol. The van der Waals surface area contributed by atoms with Gasteiger partial charge in [-0.3, -0.25) is 0 Å². The molecule has 0 spiro atoms. The Balaban J connectivity index is 1.91. The first-order chi connectivity index (χ1) is 10.2. The first kappa shape index (κ1) is 15.2. The normalized spacial score (nSPS) is 19.6. The molecule has 0 aliphatic carbocycles. The van der Waals surface area contributed by atoms with Crippen LogP contribution in [0.3, 0.4) is 0 Å². The fourth-order valence-corrected chi connectivity index (χ4v) is 2.24. The molecule has 0 bridgehead atoms. The van der Waals surface area contributed by atoms with Gasteiger partial charge in [0.05, 0.1) is 11.2 Å². The van der Waals surface area contributed by atoms with Crippen molar-refractivity contribution in [3.8, 4) is 11.4 Å². The molecular formula is C15H18BFN2O3. The third-order valence-corrected chi connectivity index (χ3v) is 4.29. The van der Waals surface area contributed by atoms with Gasteiger partial charge in [0.15, 0.2) is 0 Å². The van der Waals surface area contributed by atoms with Crippen LogP contribution in [0.15, 0.2) is 22.7 Å². The predicted octanol–water partition coefficient (Wildman–Crippen LogP) is 2.48. The van der Waals surface area contributed by atoms with E-state index in [9.17, 15) is 4.39 Å². The molecule has 0 N–H and O–H groups in total. The fraction of sp³-hybridized carbons (Fsp3) is 0.467. The summed E-state index contributed by atoms with van der Waals surface area (Å²) in [4.78, 5) is 4.09. The Morgan fingerprint density at radius 1 is 1.09 bits per heavy atom. The fourth-order valence-electron chi connectivity index (χ4n) is 2.24. The van der Waals surface area contributed by atoms with E-state index < -0.39 is 24.1 Å². The average Bonchev–Trinajstić information content (AvgIpc) is 2.91. The van der Waals surface area contributed by atoms with Gasteiger partial charge in [-0.25, -0.2) is 4.39 Å². The molecule has 1 aromatic heterocycles. The van der Waals surface area contributed by atoms with Gasteiger partial charge in [-0.05, 0) is 33.8 Å². The van der Waals surface area contributed by atoms with E-state index >= 15 is 0 Å². The second kappa shape index (κ2) is 4.89. The Hall–Kier alpha value is -1.73. The molecule has 0 radical (unpaired) electrons. The van der Waals surface area contributed by atoms with Gasteiger partial charge in [0.1, 0.15) is 5.82 Å². The first-order valence-electron chi connectivity index (χ1n) is 7.15. The van der Waals surface area contributed by atoms with Crippen molar-refractivity contribution in [3.05, 3.63) is 29.9 Å². The van der Waals surface area contributed by atoms with Gasteiger partial charge in [0, 0.05) is 17.9 Å². The summed E-state index contributed by atoms with van der Waals surface area (Å²) in [6.45, 7) is 9.41. The van der Waals surface area contributed by atoms with Crippen molar-refractivity contribution in [3.63, 3.8) is 0 Å². The van der Waals surface area contributed by atoms with Gasteiger partial charge >= 0.3 is 7.12 Å². The quantitative estimate of drug-likeness (QED) is 0.798. The topological polar surface area (TPSA) is 57.4 Å². The lowest BCUT2D eigenvalue weighted by Gasteiger charge is -2.32. The lowest BCUT2D eigenvalue weighted by Crippen LogP contribution is -2.41. The van der Waals surface area contributed by atoms with Crippen molar-refractivity contribution in [2.45, 2.75) is 45.8 Å². The molecule has 1 fully saturated rings. The summed E-state index contributed by atoms with van der Waals surface area (Å²) in [5.41, 5.74) is -0.0987. The Morgan fingerprint density at radius 2 is 1.73 bits per heavy atom. The maximum atomic E-state index is 14.5. The molecule has 3 rings (SSSR count). The summed E-state index contributed by atoms with van der Waals surface area (Å²) in [6.07, 6.45) is 0. The molecule has 1 aromatic carbocycles. The summed E-state index contributed by atoms with van der Waals surface area (Å²) in [5.74, 6) is 0.376. The van der Waals surface area contributed by atoms with Gasteiger partial charge in [0.25, 0.3) is 0 Å². The highest BCUT2D eigenvalue weighted by molar-refractivity contribution is 6.62. The molecule has 1 aliphatic heterocycles. The molecule has 2 heterocycles. The van der Waals surface area contributed by atoms with Crippen LogP contribution in [0.2, 0.25) is 0 Å². The molecule has 5 nitrogen and oxygen atoms in total. The number of nitrogens with zero attached hydrogens (tertiary/aromatic N) is 2. The third-order valence-electron chi connectivity index (χ3n) is 4.29. The van der Waals surface area contributed by atoms with Crippen molar-refractivity contribution in [1.82, 2.24) is 10.1 Å². The Kier molecular flexibility index (Phi) is 3.38. The Labute approximate surface area is 129 Å². The molecule has 22 heavy (non-hydrogen) atoms. The van der Waals surface area contributed by atoms with Gasteiger partial charge < -0.3 is 13.8 Å². The Morgan fingerprint density at radius 3 is 2.23 bits per heavy atom. The average molecular weight is 304 g/mol. The van der Waals surface area contributed by atoms with Crippen molar-refractivity contribution in [1.29, 1.82) is 0 Å². The van der Waals surface area contributed by atoms with Crippen molar-refractivity contribution >= 4 is 12.6 Å². The summed E-state index contributed by atoms with van der Waals surface area (Å²) < 4.78 is 31.1. The lowest BCUT2D eigenvalue weighted by atomic mass is 9.78. The van der Waals surface area contributed by atoms with Crippen molar-refractivity contribution < 1.29 is 18.2 Å².